The maximum Gasteiger partial charge on any atom is 0.292 e. The molecule has 0 saturated carbocycles. The third-order valence-corrected chi connectivity index (χ3v) is 4.68. The van der Waals surface area contributed by atoms with E-state index in [4.69, 9.17) is 5.73 Å². The fourth-order valence-electron chi connectivity index (χ4n) is 3.42. The van der Waals surface area contributed by atoms with Crippen LogP contribution in [0.1, 0.15) is 19.3 Å². The van der Waals surface area contributed by atoms with Crippen molar-refractivity contribution in [2.45, 2.75) is 25.3 Å². The third-order valence-electron chi connectivity index (χ3n) is 4.68. The Labute approximate surface area is 128 Å². The second-order valence-corrected chi connectivity index (χ2v) is 5.99. The van der Waals surface area contributed by atoms with E-state index in [1.165, 1.54) is 4.90 Å². The molecular weight excluding hydrogens is 282 g/mol. The van der Waals surface area contributed by atoms with Crippen molar-refractivity contribution in [2.75, 3.05) is 18.0 Å². The lowest BCUT2D eigenvalue weighted by molar-refractivity contribution is -0.920. The van der Waals surface area contributed by atoms with Gasteiger partial charge >= 0.3 is 0 Å². The number of carbonyl (C=O) groups excluding carboxylic acids is 3. The van der Waals surface area contributed by atoms with Gasteiger partial charge in [-0.1, -0.05) is 18.2 Å². The fraction of sp³-hybridized carbons (Fsp3) is 0.438. The highest BCUT2D eigenvalue weighted by atomic mass is 16.2. The zero-order valence-corrected chi connectivity index (χ0v) is 12.3. The summed E-state index contributed by atoms with van der Waals surface area (Å²) in [5, 5.41) is 0. The first kappa shape index (κ1) is 14.7. The van der Waals surface area contributed by atoms with E-state index in [9.17, 15) is 14.4 Å². The summed E-state index contributed by atoms with van der Waals surface area (Å²) in [5.41, 5.74) is 5.97. The zero-order valence-electron chi connectivity index (χ0n) is 12.3. The Morgan fingerprint density at radius 3 is 2.36 bits per heavy atom. The number of nitrogens with zero attached hydrogens (tertiary/aromatic N) is 1. The van der Waals surface area contributed by atoms with E-state index < -0.39 is 0 Å². The number of nitrogens with two attached hydrogens (primary N) is 1. The third kappa shape index (κ3) is 2.62. The van der Waals surface area contributed by atoms with Crippen molar-refractivity contribution in [3.8, 4) is 0 Å². The normalized spacial score (nSPS) is 28.9. The van der Waals surface area contributed by atoms with Crippen LogP contribution in [0, 0.1) is 5.92 Å². The Balaban J connectivity index is 1.71. The summed E-state index contributed by atoms with van der Waals surface area (Å²) in [7, 11) is 0. The summed E-state index contributed by atoms with van der Waals surface area (Å²) >= 11 is 0. The van der Waals surface area contributed by atoms with E-state index in [0.29, 0.717) is 31.6 Å². The van der Waals surface area contributed by atoms with E-state index in [0.717, 1.165) is 4.90 Å². The first-order valence-electron chi connectivity index (χ1n) is 7.63. The van der Waals surface area contributed by atoms with Crippen molar-refractivity contribution < 1.29 is 19.3 Å². The SMILES string of the molecule is NC(=O)C1CC[NH+](C2CC(=O)N(c3ccccc3)C2=O)CC1. The number of hydrogen-bond donors (Lipinski definition) is 2. The fourth-order valence-corrected chi connectivity index (χ4v) is 3.42. The molecule has 1 atom stereocenters. The Bertz CT molecular complexity index is 594. The van der Waals surface area contributed by atoms with E-state index in [1.54, 1.807) is 12.1 Å². The molecule has 0 aromatic heterocycles. The van der Waals surface area contributed by atoms with Crippen LogP contribution in [0.2, 0.25) is 0 Å². The zero-order chi connectivity index (χ0) is 15.7. The van der Waals surface area contributed by atoms with Crippen LogP contribution in [0.25, 0.3) is 0 Å². The van der Waals surface area contributed by atoms with Crippen molar-refractivity contribution in [1.82, 2.24) is 0 Å². The molecule has 0 spiro atoms. The molecule has 2 aliphatic heterocycles. The van der Waals surface area contributed by atoms with Crippen molar-refractivity contribution in [1.29, 1.82) is 0 Å². The van der Waals surface area contributed by atoms with Crippen LogP contribution in [-0.4, -0.2) is 36.9 Å². The number of nitrogens with one attached hydrogen (secondary N) is 1. The predicted octanol–water partition coefficient (Wildman–Crippen LogP) is -0.901. The van der Waals surface area contributed by atoms with Crippen LogP contribution >= 0.6 is 0 Å². The number of likely N-dealkylation sites (tertiary alicyclic amines) is 1. The van der Waals surface area contributed by atoms with Gasteiger partial charge in [0, 0.05) is 18.8 Å². The van der Waals surface area contributed by atoms with Crippen LogP contribution in [0.3, 0.4) is 0 Å². The van der Waals surface area contributed by atoms with Gasteiger partial charge in [-0.2, -0.15) is 0 Å². The molecule has 0 radical (unpaired) electrons. The summed E-state index contributed by atoms with van der Waals surface area (Å²) in [6.45, 7) is 1.42. The Morgan fingerprint density at radius 2 is 1.77 bits per heavy atom. The lowest BCUT2D eigenvalue weighted by atomic mass is 9.95. The monoisotopic (exact) mass is 302 g/mol. The molecule has 2 fully saturated rings. The van der Waals surface area contributed by atoms with Crippen LogP contribution in [0.5, 0.6) is 0 Å². The molecule has 2 heterocycles. The number of anilines is 1. The number of hydrogen-bond acceptors (Lipinski definition) is 3. The van der Waals surface area contributed by atoms with Gasteiger partial charge in [-0.05, 0) is 12.1 Å². The molecule has 3 N–H and O–H groups in total. The van der Waals surface area contributed by atoms with Gasteiger partial charge in [-0.15, -0.1) is 0 Å². The van der Waals surface area contributed by atoms with E-state index >= 15 is 0 Å². The first-order chi connectivity index (χ1) is 10.6. The molecule has 2 aliphatic rings. The summed E-state index contributed by atoms with van der Waals surface area (Å²) < 4.78 is 0. The molecular formula is C16H20N3O3+. The summed E-state index contributed by atoms with van der Waals surface area (Å²) in [4.78, 5) is 38.5. The van der Waals surface area contributed by atoms with Gasteiger partial charge in [0.2, 0.25) is 11.8 Å². The van der Waals surface area contributed by atoms with Gasteiger partial charge in [0.25, 0.3) is 5.91 Å². The molecule has 6 nitrogen and oxygen atoms in total. The molecule has 6 heteroatoms. The Kier molecular flexibility index (Phi) is 3.94. The van der Waals surface area contributed by atoms with E-state index in [1.807, 2.05) is 18.2 Å². The minimum Gasteiger partial charge on any atom is -0.369 e. The van der Waals surface area contributed by atoms with Crippen LogP contribution in [-0.2, 0) is 14.4 Å². The van der Waals surface area contributed by atoms with Crippen molar-refractivity contribution >= 4 is 23.4 Å². The number of carbonyl (C=O) groups is 3. The van der Waals surface area contributed by atoms with E-state index in [2.05, 4.69) is 0 Å². The van der Waals surface area contributed by atoms with Gasteiger partial charge in [0.1, 0.15) is 0 Å². The van der Waals surface area contributed by atoms with Crippen LogP contribution in [0.4, 0.5) is 5.69 Å². The molecule has 3 amide bonds. The average Bonchev–Trinajstić information content (AvgIpc) is 2.83. The minimum absolute atomic E-state index is 0.0961. The van der Waals surface area contributed by atoms with Crippen LogP contribution < -0.4 is 15.5 Å². The van der Waals surface area contributed by atoms with Crippen molar-refractivity contribution in [2.24, 2.45) is 11.7 Å². The van der Waals surface area contributed by atoms with Crippen molar-refractivity contribution in [3.05, 3.63) is 30.3 Å². The standard InChI is InChI=1S/C16H19N3O3/c17-15(21)11-6-8-18(9-7-11)13-10-14(20)19(16(13)22)12-4-2-1-3-5-12/h1-5,11,13H,6-10H2,(H2,17,21)/p+1. The molecule has 2 saturated heterocycles. The summed E-state index contributed by atoms with van der Waals surface area (Å²) in [6, 6.07) is 8.69. The lowest BCUT2D eigenvalue weighted by Gasteiger charge is -2.30. The maximum atomic E-state index is 12.6. The van der Waals surface area contributed by atoms with Gasteiger partial charge in [-0.3, -0.25) is 14.4 Å². The predicted molar refractivity (Wildman–Crippen MR) is 80.0 cm³/mol. The summed E-state index contributed by atoms with van der Waals surface area (Å²) in [5.74, 6) is -0.644. The Morgan fingerprint density at radius 1 is 1.14 bits per heavy atom. The van der Waals surface area contributed by atoms with Crippen molar-refractivity contribution in [3.63, 3.8) is 0 Å². The molecule has 1 unspecified atom stereocenters. The number of piperidine rings is 1. The smallest absolute Gasteiger partial charge is 0.292 e. The van der Waals surface area contributed by atoms with Gasteiger partial charge < -0.3 is 10.6 Å². The lowest BCUT2D eigenvalue weighted by Crippen LogP contribution is -3.17. The van der Waals surface area contributed by atoms with Gasteiger partial charge in [0.15, 0.2) is 6.04 Å². The number of quaternary nitrogens is 1. The molecule has 0 aliphatic carbocycles. The average molecular weight is 302 g/mol. The highest BCUT2D eigenvalue weighted by molar-refractivity contribution is 6.21. The molecule has 3 rings (SSSR count). The topological polar surface area (TPSA) is 84.9 Å². The molecule has 22 heavy (non-hydrogen) atoms. The number of rotatable bonds is 3. The highest BCUT2D eigenvalue weighted by Crippen LogP contribution is 2.22. The minimum atomic E-state index is -0.332. The quantitative estimate of drug-likeness (QED) is 0.710. The van der Waals surface area contributed by atoms with E-state index in [-0.39, 0.29) is 36.1 Å². The maximum absolute atomic E-state index is 12.6. The largest absolute Gasteiger partial charge is 0.369 e. The number of benzene rings is 1. The molecule has 1 aromatic carbocycles. The number of primary amides is 1. The number of imide groups is 1. The number of para-hydroxylation sites is 1. The van der Waals surface area contributed by atoms with Gasteiger partial charge in [-0.25, -0.2) is 4.90 Å². The number of amides is 3. The Hall–Kier alpha value is -2.21. The summed E-state index contributed by atoms with van der Waals surface area (Å²) in [6.07, 6.45) is 1.62. The molecule has 1 aromatic rings. The highest BCUT2D eigenvalue weighted by Gasteiger charge is 2.46. The molecule has 0 bridgehead atoms. The van der Waals surface area contributed by atoms with Gasteiger partial charge in [0.05, 0.1) is 25.2 Å². The second-order valence-electron chi connectivity index (χ2n) is 5.99. The first-order valence-corrected chi connectivity index (χ1v) is 7.63. The second kappa shape index (κ2) is 5.88. The van der Waals surface area contributed by atoms with Crippen LogP contribution in [0.15, 0.2) is 30.3 Å². The molecule has 116 valence electrons.